The molecule has 0 saturated heterocycles. The minimum Gasteiger partial charge on any atom is -0.504 e. The summed E-state index contributed by atoms with van der Waals surface area (Å²) in [6.07, 6.45) is -3.94. The van der Waals surface area contributed by atoms with Gasteiger partial charge in [0.05, 0.1) is 36.3 Å². The smallest absolute Gasteiger partial charge is 0.416 e. The summed E-state index contributed by atoms with van der Waals surface area (Å²) in [5.74, 6) is -1.30. The van der Waals surface area contributed by atoms with Crippen LogP contribution in [0.1, 0.15) is 16.7 Å². The number of phenols is 1. The van der Waals surface area contributed by atoms with Gasteiger partial charge in [-0.25, -0.2) is 5.43 Å². The van der Waals surface area contributed by atoms with Gasteiger partial charge in [-0.3, -0.25) is 14.9 Å². The number of alkyl halides is 3. The van der Waals surface area contributed by atoms with Gasteiger partial charge in [-0.05, 0) is 11.6 Å². The monoisotopic (exact) mass is 397 g/mol. The maximum absolute atomic E-state index is 12.7. The predicted molar refractivity (Wildman–Crippen MR) is 92.2 cm³/mol. The Morgan fingerprint density at radius 3 is 2.68 bits per heavy atom. The molecule has 148 valence electrons. The number of phenolic OH excluding ortho intramolecular Hbond substituents is 1. The van der Waals surface area contributed by atoms with Crippen molar-refractivity contribution in [1.29, 1.82) is 0 Å². The molecule has 11 heteroatoms. The molecule has 0 heterocycles. The van der Waals surface area contributed by atoms with Crippen molar-refractivity contribution in [1.82, 2.24) is 5.43 Å². The van der Waals surface area contributed by atoms with E-state index in [-0.39, 0.29) is 29.0 Å². The summed E-state index contributed by atoms with van der Waals surface area (Å²) in [6.45, 7) is 0. The number of methoxy groups -OCH3 is 1. The molecule has 0 aliphatic carbocycles. The summed E-state index contributed by atoms with van der Waals surface area (Å²) in [7, 11) is 1.20. The third-order valence-electron chi connectivity index (χ3n) is 3.53. The number of nitrogens with zero attached hydrogens (tertiary/aromatic N) is 2. The number of carbonyl (C=O) groups is 1. The highest BCUT2D eigenvalue weighted by Crippen LogP contribution is 2.33. The van der Waals surface area contributed by atoms with E-state index in [1.165, 1.54) is 19.2 Å². The standard InChI is InChI=1S/C17H14F3N3O5/c1-28-14-8-13(23(26)27)7-11(16(14)25)9-21-22-15(24)6-10-3-2-4-12(5-10)17(18,19)20/h2-5,7-9,25H,6H2,1H3,(H,22,24)/b21-9+. The Bertz CT molecular complexity index is 929. The zero-order valence-corrected chi connectivity index (χ0v) is 14.4. The predicted octanol–water partition coefficient (Wildman–Crippen LogP) is 3.02. The number of hydrogen-bond donors (Lipinski definition) is 2. The van der Waals surface area contributed by atoms with E-state index < -0.39 is 28.3 Å². The molecule has 8 nitrogen and oxygen atoms in total. The van der Waals surface area contributed by atoms with E-state index in [0.717, 1.165) is 30.5 Å². The van der Waals surface area contributed by atoms with Crippen LogP contribution in [0.25, 0.3) is 0 Å². The molecule has 0 radical (unpaired) electrons. The second kappa shape index (κ2) is 8.37. The first-order valence-corrected chi connectivity index (χ1v) is 7.65. The maximum atomic E-state index is 12.7. The number of aromatic hydroxyl groups is 1. The number of nitro groups is 1. The second-order valence-electron chi connectivity index (χ2n) is 5.51. The molecule has 0 aliphatic rings. The Balaban J connectivity index is 2.10. The molecule has 0 aliphatic heterocycles. The first kappa shape index (κ1) is 20.7. The number of rotatable bonds is 6. The summed E-state index contributed by atoms with van der Waals surface area (Å²) in [5, 5.41) is 24.4. The molecular formula is C17H14F3N3O5. The molecule has 2 aromatic carbocycles. The van der Waals surface area contributed by atoms with Crippen LogP contribution in [0.2, 0.25) is 0 Å². The Hall–Kier alpha value is -3.63. The number of nitrogens with one attached hydrogen (secondary N) is 1. The van der Waals surface area contributed by atoms with Crippen LogP contribution in [0, 0.1) is 10.1 Å². The molecule has 2 aromatic rings. The van der Waals surface area contributed by atoms with Crippen LogP contribution >= 0.6 is 0 Å². The Labute approximate surface area is 156 Å². The third kappa shape index (κ3) is 5.19. The first-order chi connectivity index (χ1) is 13.1. The number of non-ortho nitro benzene ring substituents is 1. The maximum Gasteiger partial charge on any atom is 0.416 e. The Morgan fingerprint density at radius 1 is 1.36 bits per heavy atom. The lowest BCUT2D eigenvalue weighted by atomic mass is 10.1. The molecule has 28 heavy (non-hydrogen) atoms. The van der Waals surface area contributed by atoms with Crippen molar-refractivity contribution >= 4 is 17.8 Å². The van der Waals surface area contributed by atoms with Crippen LogP contribution in [-0.2, 0) is 17.4 Å². The quantitative estimate of drug-likeness (QED) is 0.442. The van der Waals surface area contributed by atoms with E-state index in [0.29, 0.717) is 0 Å². The SMILES string of the molecule is COc1cc([N+](=O)[O-])cc(/C=N/NC(=O)Cc2cccc(C(F)(F)F)c2)c1O. The van der Waals surface area contributed by atoms with Gasteiger partial charge in [0, 0.05) is 11.6 Å². The van der Waals surface area contributed by atoms with Crippen LogP contribution in [0.5, 0.6) is 11.5 Å². The number of nitro benzene ring substituents is 1. The number of hydrazone groups is 1. The van der Waals surface area contributed by atoms with E-state index >= 15 is 0 Å². The molecule has 0 bridgehead atoms. The van der Waals surface area contributed by atoms with Crippen LogP contribution in [0.3, 0.4) is 0 Å². The lowest BCUT2D eigenvalue weighted by molar-refractivity contribution is -0.385. The van der Waals surface area contributed by atoms with Crippen LogP contribution in [0.15, 0.2) is 41.5 Å². The number of amides is 1. The van der Waals surface area contributed by atoms with Crippen molar-refractivity contribution in [2.75, 3.05) is 7.11 Å². The molecule has 1 amide bonds. The summed E-state index contributed by atoms with van der Waals surface area (Å²) in [5.41, 5.74) is 0.865. The third-order valence-corrected chi connectivity index (χ3v) is 3.53. The van der Waals surface area contributed by atoms with Crippen molar-refractivity contribution in [3.63, 3.8) is 0 Å². The van der Waals surface area contributed by atoms with E-state index in [9.17, 15) is 33.2 Å². The number of halogens is 3. The highest BCUT2D eigenvalue weighted by molar-refractivity contribution is 5.87. The molecule has 2 N–H and O–H groups in total. The van der Waals surface area contributed by atoms with Gasteiger partial charge in [0.2, 0.25) is 5.91 Å². The average Bonchev–Trinajstić information content (AvgIpc) is 2.62. The molecule has 0 atom stereocenters. The average molecular weight is 397 g/mol. The van der Waals surface area contributed by atoms with Crippen molar-refractivity contribution in [3.05, 3.63) is 63.2 Å². The van der Waals surface area contributed by atoms with Crippen LogP contribution in [0.4, 0.5) is 18.9 Å². The number of ether oxygens (including phenoxy) is 1. The van der Waals surface area contributed by atoms with Crippen molar-refractivity contribution in [3.8, 4) is 11.5 Å². The zero-order chi connectivity index (χ0) is 20.9. The number of hydrogen-bond acceptors (Lipinski definition) is 6. The largest absolute Gasteiger partial charge is 0.504 e. The van der Waals surface area contributed by atoms with E-state index in [4.69, 9.17) is 4.74 Å². The van der Waals surface area contributed by atoms with Crippen molar-refractivity contribution in [2.24, 2.45) is 5.10 Å². The Morgan fingerprint density at radius 2 is 2.07 bits per heavy atom. The van der Waals surface area contributed by atoms with Gasteiger partial charge >= 0.3 is 6.18 Å². The van der Waals surface area contributed by atoms with Gasteiger partial charge in [-0.1, -0.05) is 18.2 Å². The molecule has 2 rings (SSSR count). The fraction of sp³-hybridized carbons (Fsp3) is 0.176. The van der Waals surface area contributed by atoms with Gasteiger partial charge < -0.3 is 9.84 Å². The first-order valence-electron chi connectivity index (χ1n) is 7.65. The van der Waals surface area contributed by atoms with E-state index in [1.54, 1.807) is 0 Å². The molecular weight excluding hydrogens is 383 g/mol. The highest BCUT2D eigenvalue weighted by Gasteiger charge is 2.30. The topological polar surface area (TPSA) is 114 Å². The molecule has 0 spiro atoms. The van der Waals surface area contributed by atoms with Gasteiger partial charge in [-0.2, -0.15) is 18.3 Å². The fourth-order valence-corrected chi connectivity index (χ4v) is 2.23. The second-order valence-corrected chi connectivity index (χ2v) is 5.51. The normalized spacial score (nSPS) is 11.4. The van der Waals surface area contributed by atoms with Gasteiger partial charge in [0.25, 0.3) is 5.69 Å². The van der Waals surface area contributed by atoms with Gasteiger partial charge in [0.1, 0.15) is 0 Å². The van der Waals surface area contributed by atoms with Crippen molar-refractivity contribution in [2.45, 2.75) is 12.6 Å². The molecule has 0 fully saturated rings. The van der Waals surface area contributed by atoms with Crippen LogP contribution < -0.4 is 10.2 Å². The summed E-state index contributed by atoms with van der Waals surface area (Å²) in [4.78, 5) is 22.0. The summed E-state index contributed by atoms with van der Waals surface area (Å²) < 4.78 is 42.9. The van der Waals surface area contributed by atoms with Crippen molar-refractivity contribution < 1.29 is 32.7 Å². The zero-order valence-electron chi connectivity index (χ0n) is 14.4. The lowest BCUT2D eigenvalue weighted by Crippen LogP contribution is -2.20. The molecule has 0 unspecified atom stereocenters. The molecule has 0 saturated carbocycles. The van der Waals surface area contributed by atoms with Crippen LogP contribution in [-0.4, -0.2) is 29.3 Å². The van der Waals surface area contributed by atoms with Gasteiger partial charge in [-0.15, -0.1) is 0 Å². The Kier molecular flexibility index (Phi) is 6.18. The minimum absolute atomic E-state index is 0.0922. The van der Waals surface area contributed by atoms with E-state index in [1.807, 2.05) is 0 Å². The number of carbonyl (C=O) groups excluding carboxylic acids is 1. The molecule has 0 aromatic heterocycles. The highest BCUT2D eigenvalue weighted by atomic mass is 19.4. The fourth-order valence-electron chi connectivity index (χ4n) is 2.23. The lowest BCUT2D eigenvalue weighted by Gasteiger charge is -2.08. The summed E-state index contributed by atoms with van der Waals surface area (Å²) in [6, 6.07) is 6.30. The van der Waals surface area contributed by atoms with E-state index in [2.05, 4.69) is 10.5 Å². The minimum atomic E-state index is -4.52. The van der Waals surface area contributed by atoms with Gasteiger partial charge in [0.15, 0.2) is 11.5 Å². The number of benzene rings is 2. The summed E-state index contributed by atoms with van der Waals surface area (Å²) >= 11 is 0.